The van der Waals surface area contributed by atoms with Gasteiger partial charge in [-0.1, -0.05) is 43.1 Å². The maximum Gasteiger partial charge on any atom is 0.234 e. The van der Waals surface area contributed by atoms with Crippen molar-refractivity contribution in [1.29, 1.82) is 0 Å². The Labute approximate surface area is 137 Å². The Kier molecular flexibility index (Phi) is 8.74. The van der Waals surface area contributed by atoms with Crippen LogP contribution in [0.2, 0.25) is 10.0 Å². The third kappa shape index (κ3) is 7.16. The molecule has 1 amide bonds. The first-order valence-corrected chi connectivity index (χ1v) is 8.25. The minimum atomic E-state index is 0.0713. The third-order valence-electron chi connectivity index (χ3n) is 3.18. The lowest BCUT2D eigenvalue weighted by Gasteiger charge is -2.20. The maximum absolute atomic E-state index is 11.9. The minimum Gasteiger partial charge on any atom is -0.355 e. The summed E-state index contributed by atoms with van der Waals surface area (Å²) in [6.45, 7) is 7.24. The second kappa shape index (κ2) is 10.0. The second-order valence-electron chi connectivity index (χ2n) is 5.11. The Balaban J connectivity index is 2.35. The Morgan fingerprint density at radius 1 is 1.19 bits per heavy atom. The van der Waals surface area contributed by atoms with Crippen LogP contribution in [0.5, 0.6) is 0 Å². The van der Waals surface area contributed by atoms with Crippen molar-refractivity contribution in [3.63, 3.8) is 0 Å². The molecule has 0 radical (unpaired) electrons. The number of hydrogen-bond donors (Lipinski definition) is 1. The molecular weight excluding hydrogens is 307 g/mol. The largest absolute Gasteiger partial charge is 0.355 e. The molecule has 0 saturated heterocycles. The Bertz CT molecular complexity index is 446. The predicted octanol–water partition coefficient (Wildman–Crippen LogP) is 3.77. The van der Waals surface area contributed by atoms with Gasteiger partial charge in [0.25, 0.3) is 0 Å². The number of nitrogens with one attached hydrogen (secondary N) is 1. The van der Waals surface area contributed by atoms with Crippen molar-refractivity contribution in [2.75, 3.05) is 26.2 Å². The molecule has 3 nitrogen and oxygen atoms in total. The number of rotatable bonds is 9. The van der Waals surface area contributed by atoms with Crippen LogP contribution in [0.1, 0.15) is 32.3 Å². The fraction of sp³-hybridized carbons (Fsp3) is 0.562. The minimum absolute atomic E-state index is 0.0713. The third-order valence-corrected chi connectivity index (χ3v) is 3.77. The van der Waals surface area contributed by atoms with Gasteiger partial charge in [0.2, 0.25) is 5.91 Å². The SMILES string of the molecule is CCCN(CCC)CC(=O)NCCc1ccc(Cl)cc1Cl. The standard InChI is InChI=1S/C16H24Cl2N2O/c1-3-9-20(10-4-2)12-16(21)19-8-7-13-5-6-14(17)11-15(13)18/h5-6,11H,3-4,7-10,12H2,1-2H3,(H,19,21). The Morgan fingerprint density at radius 3 is 2.43 bits per heavy atom. The zero-order valence-electron chi connectivity index (χ0n) is 12.8. The number of amides is 1. The molecule has 0 spiro atoms. The topological polar surface area (TPSA) is 32.3 Å². The molecule has 0 bridgehead atoms. The van der Waals surface area contributed by atoms with Crippen molar-refractivity contribution in [3.8, 4) is 0 Å². The number of nitrogens with zero attached hydrogens (tertiary/aromatic N) is 1. The molecule has 1 N–H and O–H groups in total. The molecule has 0 aromatic heterocycles. The van der Waals surface area contributed by atoms with Gasteiger partial charge in [-0.2, -0.15) is 0 Å². The molecule has 0 unspecified atom stereocenters. The zero-order chi connectivity index (χ0) is 15.7. The molecule has 118 valence electrons. The highest BCUT2D eigenvalue weighted by Gasteiger charge is 2.09. The van der Waals surface area contributed by atoms with Gasteiger partial charge in [-0.05, 0) is 50.0 Å². The quantitative estimate of drug-likeness (QED) is 0.747. The lowest BCUT2D eigenvalue weighted by Crippen LogP contribution is -2.38. The summed E-state index contributed by atoms with van der Waals surface area (Å²) in [6.07, 6.45) is 2.84. The number of carbonyl (C=O) groups excluding carboxylic acids is 1. The van der Waals surface area contributed by atoms with E-state index in [1.54, 1.807) is 6.07 Å². The van der Waals surface area contributed by atoms with Gasteiger partial charge in [-0.3, -0.25) is 9.69 Å². The lowest BCUT2D eigenvalue weighted by molar-refractivity contribution is -0.122. The summed E-state index contributed by atoms with van der Waals surface area (Å²) < 4.78 is 0. The first-order valence-electron chi connectivity index (χ1n) is 7.49. The highest BCUT2D eigenvalue weighted by Crippen LogP contribution is 2.20. The van der Waals surface area contributed by atoms with E-state index in [0.717, 1.165) is 31.5 Å². The fourth-order valence-corrected chi connectivity index (χ4v) is 2.73. The van der Waals surface area contributed by atoms with Gasteiger partial charge < -0.3 is 5.32 Å². The number of hydrogen-bond acceptors (Lipinski definition) is 2. The molecule has 1 aromatic carbocycles. The van der Waals surface area contributed by atoms with Crippen LogP contribution in [-0.4, -0.2) is 37.0 Å². The van der Waals surface area contributed by atoms with Gasteiger partial charge in [-0.25, -0.2) is 0 Å². The molecule has 0 fully saturated rings. The highest BCUT2D eigenvalue weighted by atomic mass is 35.5. The number of benzene rings is 1. The molecule has 0 heterocycles. The maximum atomic E-state index is 11.9. The van der Waals surface area contributed by atoms with Crippen LogP contribution in [0.4, 0.5) is 0 Å². The average Bonchev–Trinajstić information content (AvgIpc) is 2.42. The van der Waals surface area contributed by atoms with Crippen LogP contribution < -0.4 is 5.32 Å². The molecule has 0 aliphatic heterocycles. The van der Waals surface area contributed by atoms with Crippen LogP contribution in [0.25, 0.3) is 0 Å². The molecule has 0 atom stereocenters. The average molecular weight is 331 g/mol. The van der Waals surface area contributed by atoms with Crippen LogP contribution in [0, 0.1) is 0 Å². The van der Waals surface area contributed by atoms with E-state index >= 15 is 0 Å². The van der Waals surface area contributed by atoms with Gasteiger partial charge in [0.1, 0.15) is 0 Å². The van der Waals surface area contributed by atoms with Gasteiger partial charge >= 0.3 is 0 Å². The second-order valence-corrected chi connectivity index (χ2v) is 5.96. The van der Waals surface area contributed by atoms with Crippen LogP contribution in [-0.2, 0) is 11.2 Å². The summed E-state index contributed by atoms with van der Waals surface area (Å²) in [7, 11) is 0. The molecule has 0 aliphatic carbocycles. The Hall–Kier alpha value is -0.770. The van der Waals surface area contributed by atoms with E-state index in [0.29, 0.717) is 29.6 Å². The number of carbonyl (C=O) groups is 1. The van der Waals surface area contributed by atoms with Gasteiger partial charge in [0, 0.05) is 16.6 Å². The summed E-state index contributed by atoms with van der Waals surface area (Å²) in [5, 5.41) is 4.22. The molecule has 21 heavy (non-hydrogen) atoms. The molecular formula is C16H24Cl2N2O. The summed E-state index contributed by atoms with van der Waals surface area (Å²) in [5.74, 6) is 0.0713. The van der Waals surface area contributed by atoms with Crippen molar-refractivity contribution in [3.05, 3.63) is 33.8 Å². The summed E-state index contributed by atoms with van der Waals surface area (Å²) in [5.41, 5.74) is 1.00. The zero-order valence-corrected chi connectivity index (χ0v) is 14.3. The van der Waals surface area contributed by atoms with E-state index in [-0.39, 0.29) is 5.91 Å². The Morgan fingerprint density at radius 2 is 1.86 bits per heavy atom. The first-order chi connectivity index (χ1) is 10.1. The van der Waals surface area contributed by atoms with Gasteiger partial charge in [0.05, 0.1) is 6.54 Å². The molecule has 1 rings (SSSR count). The van der Waals surface area contributed by atoms with E-state index < -0.39 is 0 Å². The molecule has 1 aromatic rings. The highest BCUT2D eigenvalue weighted by molar-refractivity contribution is 6.35. The normalized spacial score (nSPS) is 10.9. The summed E-state index contributed by atoms with van der Waals surface area (Å²) >= 11 is 12.0. The predicted molar refractivity (Wildman–Crippen MR) is 90.2 cm³/mol. The van der Waals surface area contributed by atoms with E-state index in [2.05, 4.69) is 24.1 Å². The molecule has 0 aliphatic rings. The smallest absolute Gasteiger partial charge is 0.234 e. The van der Waals surface area contributed by atoms with E-state index in [1.165, 1.54) is 0 Å². The van der Waals surface area contributed by atoms with E-state index in [9.17, 15) is 4.79 Å². The summed E-state index contributed by atoms with van der Waals surface area (Å²) in [6, 6.07) is 5.44. The monoisotopic (exact) mass is 330 g/mol. The van der Waals surface area contributed by atoms with Gasteiger partial charge in [-0.15, -0.1) is 0 Å². The molecule has 5 heteroatoms. The van der Waals surface area contributed by atoms with Crippen molar-refractivity contribution < 1.29 is 4.79 Å². The van der Waals surface area contributed by atoms with E-state index in [4.69, 9.17) is 23.2 Å². The van der Waals surface area contributed by atoms with Crippen LogP contribution in [0.15, 0.2) is 18.2 Å². The first kappa shape index (κ1) is 18.3. The molecule has 0 saturated carbocycles. The summed E-state index contributed by atoms with van der Waals surface area (Å²) in [4.78, 5) is 14.1. The van der Waals surface area contributed by atoms with Crippen molar-refractivity contribution in [1.82, 2.24) is 10.2 Å². The van der Waals surface area contributed by atoms with Crippen molar-refractivity contribution >= 4 is 29.1 Å². The number of halogens is 2. The van der Waals surface area contributed by atoms with Crippen LogP contribution in [0.3, 0.4) is 0 Å². The van der Waals surface area contributed by atoms with Gasteiger partial charge in [0.15, 0.2) is 0 Å². The van der Waals surface area contributed by atoms with Crippen molar-refractivity contribution in [2.24, 2.45) is 0 Å². The van der Waals surface area contributed by atoms with Crippen molar-refractivity contribution in [2.45, 2.75) is 33.1 Å². The van der Waals surface area contributed by atoms with Crippen LogP contribution >= 0.6 is 23.2 Å². The van der Waals surface area contributed by atoms with E-state index in [1.807, 2.05) is 12.1 Å². The lowest BCUT2D eigenvalue weighted by atomic mass is 10.1. The fourth-order valence-electron chi connectivity index (χ4n) is 2.22.